The molecule has 1 rings (SSSR count). The molecule has 0 spiro atoms. The first-order valence-electron chi connectivity index (χ1n) is 7.72. The van der Waals surface area contributed by atoms with Gasteiger partial charge in [0.05, 0.1) is 5.54 Å². The van der Waals surface area contributed by atoms with Crippen molar-refractivity contribution in [2.75, 3.05) is 6.54 Å². The molecule has 7 heteroatoms. The number of hydrogen-bond acceptors (Lipinski definition) is 4. The van der Waals surface area contributed by atoms with Gasteiger partial charge in [0.1, 0.15) is 12.1 Å². The molecule has 0 bridgehead atoms. The SMILES string of the molecule is CCC(C)C(NC(=O)C1CCCN1C(=O)C(C)(C)N)C(=O)O. The van der Waals surface area contributed by atoms with Gasteiger partial charge >= 0.3 is 5.97 Å². The molecule has 2 amide bonds. The summed E-state index contributed by atoms with van der Waals surface area (Å²) < 4.78 is 0. The highest BCUT2D eigenvalue weighted by molar-refractivity contribution is 5.93. The summed E-state index contributed by atoms with van der Waals surface area (Å²) >= 11 is 0. The molecule has 0 aromatic heterocycles. The molecule has 1 heterocycles. The predicted octanol–water partition coefficient (Wildman–Crippen LogP) is 0.330. The highest BCUT2D eigenvalue weighted by atomic mass is 16.4. The van der Waals surface area contributed by atoms with Crippen LogP contribution in [0.5, 0.6) is 0 Å². The molecule has 4 N–H and O–H groups in total. The zero-order valence-electron chi connectivity index (χ0n) is 13.8. The van der Waals surface area contributed by atoms with Crippen molar-refractivity contribution in [2.24, 2.45) is 11.7 Å². The second-order valence-corrected chi connectivity index (χ2v) is 6.59. The lowest BCUT2D eigenvalue weighted by molar-refractivity contribution is -0.146. The minimum atomic E-state index is -1.06. The number of nitrogens with two attached hydrogens (primary N) is 1. The number of rotatable bonds is 6. The molecule has 1 aliphatic heterocycles. The van der Waals surface area contributed by atoms with Crippen LogP contribution in [0.25, 0.3) is 0 Å². The van der Waals surface area contributed by atoms with Gasteiger partial charge in [-0.15, -0.1) is 0 Å². The Morgan fingerprint density at radius 3 is 2.45 bits per heavy atom. The van der Waals surface area contributed by atoms with Crippen molar-refractivity contribution in [3.63, 3.8) is 0 Å². The van der Waals surface area contributed by atoms with Crippen LogP contribution < -0.4 is 11.1 Å². The van der Waals surface area contributed by atoms with Crippen molar-refractivity contribution >= 4 is 17.8 Å². The van der Waals surface area contributed by atoms with Crippen molar-refractivity contribution in [2.45, 2.75) is 64.6 Å². The lowest BCUT2D eigenvalue weighted by Crippen LogP contribution is -2.57. The number of aliphatic carboxylic acids is 1. The van der Waals surface area contributed by atoms with E-state index in [1.54, 1.807) is 20.8 Å². The summed E-state index contributed by atoms with van der Waals surface area (Å²) in [5, 5.41) is 11.8. The third-order valence-electron chi connectivity index (χ3n) is 4.14. The first-order valence-corrected chi connectivity index (χ1v) is 7.72. The standard InChI is InChI=1S/C15H27N3O4/c1-5-9(2)11(13(20)21)17-12(19)10-7-6-8-18(10)14(22)15(3,4)16/h9-11H,5-8,16H2,1-4H3,(H,17,19)(H,20,21). The van der Waals surface area contributed by atoms with Crippen molar-refractivity contribution in [1.82, 2.24) is 10.2 Å². The second-order valence-electron chi connectivity index (χ2n) is 6.59. The Labute approximate surface area is 131 Å². The predicted molar refractivity (Wildman–Crippen MR) is 82.0 cm³/mol. The summed E-state index contributed by atoms with van der Waals surface area (Å²) in [5.41, 5.74) is 4.77. The normalized spacial score (nSPS) is 21.3. The Morgan fingerprint density at radius 2 is 2.00 bits per heavy atom. The van der Waals surface area contributed by atoms with Gasteiger partial charge in [-0.1, -0.05) is 20.3 Å². The van der Waals surface area contributed by atoms with Crippen molar-refractivity contribution in [3.8, 4) is 0 Å². The maximum absolute atomic E-state index is 12.4. The van der Waals surface area contributed by atoms with Crippen LogP contribution in [0.2, 0.25) is 0 Å². The molecule has 0 aliphatic carbocycles. The number of nitrogens with one attached hydrogen (secondary N) is 1. The third kappa shape index (κ3) is 4.19. The van der Waals surface area contributed by atoms with Gasteiger partial charge < -0.3 is 21.1 Å². The maximum Gasteiger partial charge on any atom is 0.326 e. The average molecular weight is 313 g/mol. The number of nitrogens with zero attached hydrogens (tertiary/aromatic N) is 1. The lowest BCUT2D eigenvalue weighted by Gasteiger charge is -2.31. The Morgan fingerprint density at radius 1 is 1.41 bits per heavy atom. The summed E-state index contributed by atoms with van der Waals surface area (Å²) in [6, 6.07) is -1.58. The van der Waals surface area contributed by atoms with Gasteiger partial charge in [-0.3, -0.25) is 9.59 Å². The molecule has 126 valence electrons. The first kappa shape index (κ1) is 18.4. The van der Waals surface area contributed by atoms with Crippen LogP contribution in [0, 0.1) is 5.92 Å². The van der Waals surface area contributed by atoms with Gasteiger partial charge in [0.2, 0.25) is 11.8 Å². The molecular formula is C15H27N3O4. The van der Waals surface area contributed by atoms with Crippen molar-refractivity contribution in [1.29, 1.82) is 0 Å². The van der Waals surface area contributed by atoms with Crippen LogP contribution in [-0.4, -0.2) is 52.0 Å². The minimum Gasteiger partial charge on any atom is -0.480 e. The third-order valence-corrected chi connectivity index (χ3v) is 4.14. The number of likely N-dealkylation sites (tertiary alicyclic amines) is 1. The summed E-state index contributed by atoms with van der Waals surface area (Å²) in [7, 11) is 0. The van der Waals surface area contributed by atoms with E-state index < -0.39 is 29.5 Å². The van der Waals surface area contributed by atoms with E-state index in [2.05, 4.69) is 5.32 Å². The Bertz CT molecular complexity index is 445. The fraction of sp³-hybridized carbons (Fsp3) is 0.800. The summed E-state index contributed by atoms with van der Waals surface area (Å²) in [4.78, 5) is 37.5. The molecule has 0 aromatic carbocycles. The lowest BCUT2D eigenvalue weighted by atomic mass is 9.98. The molecule has 3 unspecified atom stereocenters. The van der Waals surface area contributed by atoms with Crippen LogP contribution in [0.4, 0.5) is 0 Å². The fourth-order valence-electron chi connectivity index (χ4n) is 2.59. The Hall–Kier alpha value is -1.63. The molecule has 0 radical (unpaired) electrons. The number of amides is 2. The van der Waals surface area contributed by atoms with Crippen LogP contribution in [0.3, 0.4) is 0 Å². The van der Waals surface area contributed by atoms with Crippen LogP contribution in [0.15, 0.2) is 0 Å². The Balaban J connectivity index is 2.83. The zero-order valence-corrected chi connectivity index (χ0v) is 13.8. The summed E-state index contributed by atoms with van der Waals surface area (Å²) in [6.45, 7) is 7.32. The maximum atomic E-state index is 12.4. The molecule has 7 nitrogen and oxygen atoms in total. The average Bonchev–Trinajstić information content (AvgIpc) is 2.90. The second kappa shape index (κ2) is 7.09. The number of carboxylic acid groups (broad SMARTS) is 1. The monoisotopic (exact) mass is 313 g/mol. The van der Waals surface area contributed by atoms with Gasteiger partial charge in [0, 0.05) is 6.54 Å². The summed E-state index contributed by atoms with van der Waals surface area (Å²) in [6.07, 6.45) is 1.88. The minimum absolute atomic E-state index is 0.182. The largest absolute Gasteiger partial charge is 0.480 e. The number of hydrogen-bond donors (Lipinski definition) is 3. The van der Waals surface area contributed by atoms with Gasteiger partial charge in [0.15, 0.2) is 0 Å². The number of carbonyl (C=O) groups is 3. The van der Waals surface area contributed by atoms with E-state index in [1.807, 2.05) is 6.92 Å². The molecule has 1 aliphatic rings. The van der Waals surface area contributed by atoms with Crippen molar-refractivity contribution in [3.05, 3.63) is 0 Å². The van der Waals surface area contributed by atoms with Gasteiger partial charge in [-0.25, -0.2) is 4.79 Å². The van der Waals surface area contributed by atoms with E-state index in [4.69, 9.17) is 5.73 Å². The van der Waals surface area contributed by atoms with E-state index in [1.165, 1.54) is 4.90 Å². The number of carboxylic acids is 1. The number of carbonyl (C=O) groups excluding carboxylic acids is 2. The van der Waals surface area contributed by atoms with Crippen molar-refractivity contribution < 1.29 is 19.5 Å². The van der Waals surface area contributed by atoms with Crippen LogP contribution >= 0.6 is 0 Å². The molecular weight excluding hydrogens is 286 g/mol. The molecule has 0 aromatic rings. The topological polar surface area (TPSA) is 113 Å². The van der Waals surface area contributed by atoms with E-state index in [0.717, 1.165) is 0 Å². The van der Waals surface area contributed by atoms with Crippen LogP contribution in [-0.2, 0) is 14.4 Å². The molecule has 1 fully saturated rings. The fourth-order valence-corrected chi connectivity index (χ4v) is 2.59. The molecule has 3 atom stereocenters. The van der Waals surface area contributed by atoms with Gasteiger partial charge in [0.25, 0.3) is 0 Å². The zero-order chi connectivity index (χ0) is 17.1. The highest BCUT2D eigenvalue weighted by Gasteiger charge is 2.40. The molecule has 22 heavy (non-hydrogen) atoms. The Kier molecular flexibility index (Phi) is 5.93. The van der Waals surface area contributed by atoms with Gasteiger partial charge in [-0.05, 0) is 32.6 Å². The molecule has 1 saturated heterocycles. The highest BCUT2D eigenvalue weighted by Crippen LogP contribution is 2.21. The van der Waals surface area contributed by atoms with Crippen LogP contribution in [0.1, 0.15) is 47.0 Å². The smallest absolute Gasteiger partial charge is 0.326 e. The molecule has 0 saturated carbocycles. The van der Waals surface area contributed by atoms with E-state index in [9.17, 15) is 19.5 Å². The quantitative estimate of drug-likeness (QED) is 0.654. The van der Waals surface area contributed by atoms with E-state index in [-0.39, 0.29) is 11.8 Å². The first-order chi connectivity index (χ1) is 10.1. The summed E-state index contributed by atoms with van der Waals surface area (Å²) in [5.74, 6) is -1.95. The van der Waals surface area contributed by atoms with E-state index >= 15 is 0 Å². The van der Waals surface area contributed by atoms with E-state index in [0.29, 0.717) is 25.8 Å². The van der Waals surface area contributed by atoms with Gasteiger partial charge in [-0.2, -0.15) is 0 Å².